The number of hydrogen-bond acceptors (Lipinski definition) is 4. The Morgan fingerprint density at radius 1 is 1.15 bits per heavy atom. The summed E-state index contributed by atoms with van der Waals surface area (Å²) in [5.74, 6) is -0.842. The van der Waals surface area contributed by atoms with Gasteiger partial charge in [0.1, 0.15) is 0 Å². The van der Waals surface area contributed by atoms with Crippen LogP contribution in [0.3, 0.4) is 0 Å². The molecule has 0 fully saturated rings. The van der Waals surface area contributed by atoms with Crippen LogP contribution in [0.2, 0.25) is 5.02 Å². The maximum absolute atomic E-state index is 13.8. The van der Waals surface area contributed by atoms with Gasteiger partial charge in [0.15, 0.2) is 11.6 Å². The first-order chi connectivity index (χ1) is 12.6. The molecule has 27 heavy (non-hydrogen) atoms. The summed E-state index contributed by atoms with van der Waals surface area (Å²) in [5, 5.41) is 0.416. The molecule has 0 atom stereocenters. The molecule has 0 N–H and O–H groups in total. The molecular formula is C18H20ClFN2O4S. The van der Waals surface area contributed by atoms with Crippen molar-refractivity contribution in [2.45, 2.75) is 11.4 Å². The molecule has 0 saturated heterocycles. The number of likely N-dealkylation sites (N-methyl/N-ethyl adjacent to an activating group) is 2. The Labute approximate surface area is 163 Å². The van der Waals surface area contributed by atoms with E-state index in [4.69, 9.17) is 16.3 Å². The zero-order chi connectivity index (χ0) is 20.2. The average Bonchev–Trinajstić information content (AvgIpc) is 2.62. The van der Waals surface area contributed by atoms with Gasteiger partial charge in [-0.2, -0.15) is 4.31 Å². The molecule has 6 nitrogen and oxygen atoms in total. The van der Waals surface area contributed by atoms with E-state index < -0.39 is 21.7 Å². The van der Waals surface area contributed by atoms with Crippen molar-refractivity contribution < 1.29 is 22.3 Å². The Kier molecular flexibility index (Phi) is 6.80. The summed E-state index contributed by atoms with van der Waals surface area (Å²) in [5.41, 5.74) is 0.562. The molecule has 0 aliphatic heterocycles. The van der Waals surface area contributed by atoms with Crippen LogP contribution in [0.15, 0.2) is 47.4 Å². The van der Waals surface area contributed by atoms with Crippen molar-refractivity contribution in [2.24, 2.45) is 0 Å². The van der Waals surface area contributed by atoms with Gasteiger partial charge in [-0.3, -0.25) is 4.79 Å². The minimum Gasteiger partial charge on any atom is -0.494 e. The lowest BCUT2D eigenvalue weighted by Crippen LogP contribution is -2.39. The van der Waals surface area contributed by atoms with E-state index >= 15 is 0 Å². The van der Waals surface area contributed by atoms with Gasteiger partial charge in [0.2, 0.25) is 15.9 Å². The highest BCUT2D eigenvalue weighted by atomic mass is 35.5. The van der Waals surface area contributed by atoms with Crippen molar-refractivity contribution in [3.05, 3.63) is 58.9 Å². The van der Waals surface area contributed by atoms with Crippen molar-refractivity contribution in [2.75, 3.05) is 27.7 Å². The molecule has 2 aromatic carbocycles. The van der Waals surface area contributed by atoms with E-state index in [0.717, 1.165) is 4.31 Å². The lowest BCUT2D eigenvalue weighted by Gasteiger charge is -2.22. The molecule has 0 heterocycles. The van der Waals surface area contributed by atoms with Crippen molar-refractivity contribution in [3.8, 4) is 5.75 Å². The smallest absolute Gasteiger partial charge is 0.243 e. The van der Waals surface area contributed by atoms with Crippen LogP contribution in [0.1, 0.15) is 5.56 Å². The number of carbonyl (C=O) groups excluding carboxylic acids is 1. The number of methoxy groups -OCH3 is 1. The van der Waals surface area contributed by atoms with E-state index in [0.29, 0.717) is 10.6 Å². The van der Waals surface area contributed by atoms with Crippen LogP contribution in [-0.4, -0.2) is 51.3 Å². The molecule has 0 unspecified atom stereocenters. The number of rotatable bonds is 7. The van der Waals surface area contributed by atoms with Gasteiger partial charge in [-0.25, -0.2) is 12.8 Å². The van der Waals surface area contributed by atoms with Gasteiger partial charge in [-0.15, -0.1) is 0 Å². The summed E-state index contributed by atoms with van der Waals surface area (Å²) in [6.45, 7) is -0.214. The second-order valence-electron chi connectivity index (χ2n) is 5.93. The standard InChI is InChI=1S/C18H20ClFN2O4S/c1-21(11-13-4-9-17(26-3)16(20)10-13)18(23)12-22(2)27(24,25)15-7-5-14(19)6-8-15/h4-10H,11-12H2,1-3H3. The minimum atomic E-state index is -3.82. The molecule has 2 rings (SSSR count). The first kappa shape index (κ1) is 21.1. The van der Waals surface area contributed by atoms with E-state index in [1.165, 1.54) is 62.5 Å². The fourth-order valence-corrected chi connectivity index (χ4v) is 3.60. The van der Waals surface area contributed by atoms with Crippen LogP contribution in [0.4, 0.5) is 4.39 Å². The molecule has 146 valence electrons. The zero-order valence-corrected chi connectivity index (χ0v) is 16.7. The van der Waals surface area contributed by atoms with Crippen LogP contribution < -0.4 is 4.74 Å². The molecule has 0 saturated carbocycles. The highest BCUT2D eigenvalue weighted by Gasteiger charge is 2.24. The minimum absolute atomic E-state index is 0.0436. The third-order valence-electron chi connectivity index (χ3n) is 3.94. The highest BCUT2D eigenvalue weighted by Crippen LogP contribution is 2.19. The van der Waals surface area contributed by atoms with Crippen LogP contribution in [0.25, 0.3) is 0 Å². The number of amides is 1. The van der Waals surface area contributed by atoms with Crippen molar-refractivity contribution >= 4 is 27.5 Å². The quantitative estimate of drug-likeness (QED) is 0.698. The van der Waals surface area contributed by atoms with E-state index in [2.05, 4.69) is 0 Å². The van der Waals surface area contributed by atoms with Gasteiger partial charge in [0.25, 0.3) is 0 Å². The monoisotopic (exact) mass is 414 g/mol. The van der Waals surface area contributed by atoms with E-state index in [-0.39, 0.29) is 23.7 Å². The number of benzene rings is 2. The van der Waals surface area contributed by atoms with E-state index in [1.807, 2.05) is 0 Å². The lowest BCUT2D eigenvalue weighted by molar-refractivity contribution is -0.130. The Balaban J connectivity index is 2.04. The number of ether oxygens (including phenoxy) is 1. The summed E-state index contributed by atoms with van der Waals surface area (Å²) in [6.07, 6.45) is 0. The maximum Gasteiger partial charge on any atom is 0.243 e. The summed E-state index contributed by atoms with van der Waals surface area (Å²) in [7, 11) is 0.387. The molecule has 0 aromatic heterocycles. The highest BCUT2D eigenvalue weighted by molar-refractivity contribution is 7.89. The van der Waals surface area contributed by atoms with Gasteiger partial charge in [-0.1, -0.05) is 17.7 Å². The predicted octanol–water partition coefficient (Wildman–Crippen LogP) is 2.77. The van der Waals surface area contributed by atoms with E-state index in [1.54, 1.807) is 6.07 Å². The molecule has 0 aliphatic carbocycles. The fraction of sp³-hybridized carbons (Fsp3) is 0.278. The third-order valence-corrected chi connectivity index (χ3v) is 6.01. The van der Waals surface area contributed by atoms with Crippen LogP contribution in [0.5, 0.6) is 5.75 Å². The summed E-state index contributed by atoms with van der Waals surface area (Å²) < 4.78 is 44.6. The van der Waals surface area contributed by atoms with Gasteiger partial charge in [0.05, 0.1) is 18.6 Å². The third kappa shape index (κ3) is 5.18. The second-order valence-corrected chi connectivity index (χ2v) is 8.42. The Hall–Kier alpha value is -2.16. The Morgan fingerprint density at radius 3 is 2.33 bits per heavy atom. The molecule has 2 aromatic rings. The Morgan fingerprint density at radius 2 is 1.78 bits per heavy atom. The number of halogens is 2. The molecule has 9 heteroatoms. The van der Waals surface area contributed by atoms with Crippen molar-refractivity contribution in [3.63, 3.8) is 0 Å². The summed E-state index contributed by atoms with van der Waals surface area (Å²) in [6, 6.07) is 10.1. The topological polar surface area (TPSA) is 66.9 Å². The molecule has 0 spiro atoms. The number of nitrogens with zero attached hydrogens (tertiary/aromatic N) is 2. The number of sulfonamides is 1. The number of carbonyl (C=O) groups is 1. The van der Waals surface area contributed by atoms with E-state index in [9.17, 15) is 17.6 Å². The molecule has 0 bridgehead atoms. The first-order valence-corrected chi connectivity index (χ1v) is 9.75. The fourth-order valence-electron chi connectivity index (χ4n) is 2.35. The number of hydrogen-bond donors (Lipinski definition) is 0. The summed E-state index contributed by atoms with van der Waals surface area (Å²) >= 11 is 5.77. The second kappa shape index (κ2) is 8.69. The largest absolute Gasteiger partial charge is 0.494 e. The predicted molar refractivity (Wildman–Crippen MR) is 101 cm³/mol. The maximum atomic E-state index is 13.8. The summed E-state index contributed by atoms with van der Waals surface area (Å²) in [4.78, 5) is 13.8. The molecule has 0 aliphatic rings. The normalized spacial score (nSPS) is 11.5. The average molecular weight is 415 g/mol. The molecular weight excluding hydrogens is 395 g/mol. The molecule has 0 radical (unpaired) electrons. The lowest BCUT2D eigenvalue weighted by atomic mass is 10.2. The van der Waals surface area contributed by atoms with Gasteiger partial charge >= 0.3 is 0 Å². The van der Waals surface area contributed by atoms with Crippen molar-refractivity contribution in [1.82, 2.24) is 9.21 Å². The molecule has 1 amide bonds. The van der Waals surface area contributed by atoms with Gasteiger partial charge < -0.3 is 9.64 Å². The van der Waals surface area contributed by atoms with Crippen LogP contribution >= 0.6 is 11.6 Å². The van der Waals surface area contributed by atoms with Crippen LogP contribution in [0, 0.1) is 5.82 Å². The van der Waals surface area contributed by atoms with Gasteiger partial charge in [0, 0.05) is 25.7 Å². The SMILES string of the molecule is COc1ccc(CN(C)C(=O)CN(C)S(=O)(=O)c2ccc(Cl)cc2)cc1F. The van der Waals surface area contributed by atoms with Crippen LogP contribution in [-0.2, 0) is 21.4 Å². The van der Waals surface area contributed by atoms with Crippen molar-refractivity contribution in [1.29, 1.82) is 0 Å². The van der Waals surface area contributed by atoms with Gasteiger partial charge in [-0.05, 0) is 42.0 Å². The first-order valence-electron chi connectivity index (χ1n) is 7.93. The zero-order valence-electron chi connectivity index (χ0n) is 15.1. The Bertz CT molecular complexity index is 919.